The fourth-order valence-electron chi connectivity index (χ4n) is 0.791. The average Bonchev–Trinajstić information content (AvgIpc) is 1.85. The molecule has 0 bridgehead atoms. The molecular formula is C7H10N3Y-. The molecule has 0 saturated carbocycles. The summed E-state index contributed by atoms with van der Waals surface area (Å²) in [5.74, 6) is 0. The second kappa shape index (κ2) is 4.78. The minimum Gasteiger partial charge on any atom is -0.429 e. The zero-order chi connectivity index (χ0) is 7.56. The standard InChI is InChI=1S/C7H10N3.Y/c1-5-4-6(2)10-7(8-3)9-5;/h1-3H3,(H,8,9,10);/q-1;. The Balaban J connectivity index is 0.000001000. The van der Waals surface area contributed by atoms with Crippen molar-refractivity contribution >= 4 is 0 Å². The predicted molar refractivity (Wildman–Crippen MR) is 38.4 cm³/mol. The van der Waals surface area contributed by atoms with Crippen LogP contribution in [0.5, 0.6) is 0 Å². The van der Waals surface area contributed by atoms with Crippen molar-refractivity contribution < 1.29 is 32.7 Å². The summed E-state index contributed by atoms with van der Waals surface area (Å²) in [6.45, 7) is 3.83. The smallest absolute Gasteiger partial charge is 0.216 e. The van der Waals surface area contributed by atoms with Gasteiger partial charge >= 0.3 is 0 Å². The van der Waals surface area contributed by atoms with Crippen molar-refractivity contribution in [2.24, 2.45) is 4.99 Å². The molecule has 0 atom stereocenters. The van der Waals surface area contributed by atoms with Gasteiger partial charge in [0.2, 0.25) is 5.62 Å². The molecule has 57 valence electrons. The van der Waals surface area contributed by atoms with Gasteiger partial charge in [-0.3, -0.25) is 9.98 Å². The third-order valence-electron chi connectivity index (χ3n) is 1.15. The molecule has 4 heteroatoms. The molecule has 0 fully saturated rings. The van der Waals surface area contributed by atoms with E-state index < -0.39 is 0 Å². The first-order chi connectivity index (χ1) is 4.72. The molecule has 1 aromatic rings. The number of nitrogens with zero attached hydrogens (tertiary/aromatic N) is 2. The van der Waals surface area contributed by atoms with Crippen molar-refractivity contribution in [1.29, 1.82) is 0 Å². The monoisotopic (exact) mass is 225 g/mol. The summed E-state index contributed by atoms with van der Waals surface area (Å²) in [6, 6.07) is 3.02. The first-order valence-electron chi connectivity index (χ1n) is 3.12. The summed E-state index contributed by atoms with van der Waals surface area (Å²) in [6.07, 6.45) is 0. The first kappa shape index (κ1) is 11.0. The van der Waals surface area contributed by atoms with Gasteiger partial charge in [0.05, 0.1) is 0 Å². The Labute approximate surface area is 91.2 Å². The van der Waals surface area contributed by atoms with E-state index in [1.165, 1.54) is 0 Å². The van der Waals surface area contributed by atoms with Gasteiger partial charge < -0.3 is 11.1 Å². The maximum atomic E-state index is 4.07. The van der Waals surface area contributed by atoms with Gasteiger partial charge in [0.25, 0.3) is 0 Å². The van der Waals surface area contributed by atoms with E-state index in [9.17, 15) is 0 Å². The summed E-state index contributed by atoms with van der Waals surface area (Å²) in [4.78, 5) is 10.9. The van der Waals surface area contributed by atoms with Crippen LogP contribution >= 0.6 is 0 Å². The van der Waals surface area contributed by atoms with Crippen LogP contribution in [0.25, 0.3) is 0 Å². The topological polar surface area (TPSA) is 41.0 Å². The van der Waals surface area contributed by atoms with Crippen LogP contribution in [0.2, 0.25) is 0 Å². The van der Waals surface area contributed by atoms with E-state index in [2.05, 4.69) is 21.0 Å². The van der Waals surface area contributed by atoms with E-state index in [0.29, 0.717) is 5.62 Å². The fraction of sp³-hybridized carbons (Fsp3) is 0.429. The van der Waals surface area contributed by atoms with Crippen LogP contribution in [0.15, 0.2) is 4.99 Å². The third-order valence-corrected chi connectivity index (χ3v) is 1.15. The molecule has 0 aliphatic rings. The van der Waals surface area contributed by atoms with E-state index in [-0.39, 0.29) is 32.7 Å². The van der Waals surface area contributed by atoms with Crippen molar-refractivity contribution in [2.75, 3.05) is 7.05 Å². The molecule has 0 aliphatic heterocycles. The Bertz CT molecular complexity index is 267. The van der Waals surface area contributed by atoms with Crippen LogP contribution in [-0.2, 0) is 32.7 Å². The van der Waals surface area contributed by atoms with Gasteiger partial charge in [-0.1, -0.05) is 13.8 Å². The molecule has 0 aromatic carbocycles. The van der Waals surface area contributed by atoms with Gasteiger partial charge in [-0.2, -0.15) is 5.69 Å². The Morgan fingerprint density at radius 2 is 2.09 bits per heavy atom. The summed E-state index contributed by atoms with van der Waals surface area (Å²) in [5, 5.41) is 0. The Morgan fingerprint density at radius 1 is 1.45 bits per heavy atom. The number of aromatic amines is 1. The molecule has 0 spiro atoms. The minimum absolute atomic E-state index is 0. The Morgan fingerprint density at radius 3 is 2.55 bits per heavy atom. The van der Waals surface area contributed by atoms with E-state index in [4.69, 9.17) is 0 Å². The second-order valence-electron chi connectivity index (χ2n) is 2.12. The predicted octanol–water partition coefficient (Wildman–Crippen LogP) is 0.355. The molecular weight excluding hydrogens is 215 g/mol. The fourth-order valence-corrected chi connectivity index (χ4v) is 0.791. The molecule has 1 aromatic heterocycles. The van der Waals surface area contributed by atoms with Crippen LogP contribution in [-0.4, -0.2) is 17.0 Å². The quantitative estimate of drug-likeness (QED) is 0.636. The maximum Gasteiger partial charge on any atom is 0.216 e. The van der Waals surface area contributed by atoms with Crippen LogP contribution in [0.1, 0.15) is 11.4 Å². The van der Waals surface area contributed by atoms with Crippen LogP contribution in [0.3, 0.4) is 0 Å². The largest absolute Gasteiger partial charge is 0.429 e. The summed E-state index contributed by atoms with van der Waals surface area (Å²) in [5.41, 5.74) is 2.50. The van der Waals surface area contributed by atoms with E-state index >= 15 is 0 Å². The van der Waals surface area contributed by atoms with E-state index in [1.54, 1.807) is 7.05 Å². The number of nitrogens with one attached hydrogen (secondary N) is 1. The second-order valence-corrected chi connectivity index (χ2v) is 2.12. The van der Waals surface area contributed by atoms with E-state index in [1.807, 2.05) is 13.8 Å². The molecule has 0 amide bonds. The van der Waals surface area contributed by atoms with Crippen molar-refractivity contribution in [3.63, 3.8) is 0 Å². The normalized spacial score (nSPS) is 11.0. The van der Waals surface area contributed by atoms with Crippen LogP contribution in [0, 0.1) is 19.9 Å². The van der Waals surface area contributed by atoms with Gasteiger partial charge in [0.1, 0.15) is 0 Å². The van der Waals surface area contributed by atoms with Crippen molar-refractivity contribution in [1.82, 2.24) is 9.97 Å². The SMILES string of the molecule is CN=c1nc(C)[c-]c(C)[nH]1.[Y]. The summed E-state index contributed by atoms with van der Waals surface area (Å²) >= 11 is 0. The maximum absolute atomic E-state index is 4.07. The molecule has 3 nitrogen and oxygen atoms in total. The third kappa shape index (κ3) is 3.25. The first-order valence-corrected chi connectivity index (χ1v) is 3.12. The number of aromatic nitrogens is 2. The Hall–Kier alpha value is -0.0161. The zero-order valence-corrected chi connectivity index (χ0v) is 9.81. The summed E-state index contributed by atoms with van der Waals surface area (Å²) in [7, 11) is 1.71. The number of hydrogen-bond donors (Lipinski definition) is 1. The minimum atomic E-state index is 0. The molecule has 1 rings (SSSR count). The number of hydrogen-bond acceptors (Lipinski definition) is 2. The molecule has 0 unspecified atom stereocenters. The Kier molecular flexibility index (Phi) is 4.77. The van der Waals surface area contributed by atoms with Gasteiger partial charge in [-0.05, 0) is 0 Å². The molecule has 1 radical (unpaired) electrons. The zero-order valence-electron chi connectivity index (χ0n) is 6.97. The molecule has 0 aliphatic carbocycles. The molecule has 1 heterocycles. The van der Waals surface area contributed by atoms with Gasteiger partial charge in [0.15, 0.2) is 0 Å². The summed E-state index contributed by atoms with van der Waals surface area (Å²) < 4.78 is 0. The van der Waals surface area contributed by atoms with Crippen LogP contribution in [0.4, 0.5) is 0 Å². The van der Waals surface area contributed by atoms with Gasteiger partial charge in [-0.25, -0.2) is 0 Å². The number of H-pyrrole nitrogens is 1. The van der Waals surface area contributed by atoms with Gasteiger partial charge in [0, 0.05) is 39.8 Å². The number of aryl methyl sites for hydroxylation is 2. The molecule has 1 N–H and O–H groups in total. The van der Waals surface area contributed by atoms with E-state index in [0.717, 1.165) is 11.4 Å². The van der Waals surface area contributed by atoms with Crippen LogP contribution < -0.4 is 5.62 Å². The van der Waals surface area contributed by atoms with Gasteiger partial charge in [-0.15, -0.1) is 5.69 Å². The van der Waals surface area contributed by atoms with Crippen molar-refractivity contribution in [3.05, 3.63) is 23.1 Å². The molecule has 0 saturated heterocycles. The number of rotatable bonds is 0. The average molecular weight is 225 g/mol. The van der Waals surface area contributed by atoms with Crippen molar-refractivity contribution in [3.8, 4) is 0 Å². The molecule has 11 heavy (non-hydrogen) atoms. The van der Waals surface area contributed by atoms with Crippen molar-refractivity contribution in [2.45, 2.75) is 13.8 Å².